The number of nitrogens with two attached hydrogens (primary N) is 1. The van der Waals surface area contributed by atoms with Crippen LogP contribution >= 0.6 is 0 Å². The number of hydroxylamine groups is 2. The Balaban J connectivity index is 3.33. The average molecular weight is 346 g/mol. The number of hydrogen-bond acceptors (Lipinski definition) is 7. The predicted octanol–water partition coefficient (Wildman–Crippen LogP) is 0.636. The lowest BCUT2D eigenvalue weighted by molar-refractivity contribution is -0.141. The molecule has 0 aliphatic heterocycles. The number of methoxy groups -OCH3 is 2. The molecule has 0 radical (unpaired) electrons. The summed E-state index contributed by atoms with van der Waals surface area (Å²) in [5.74, 6) is -0.695. The molecule has 0 heterocycles. The topological polar surface area (TPSA) is 119 Å². The van der Waals surface area contributed by atoms with Gasteiger partial charge >= 0.3 is 0 Å². The summed E-state index contributed by atoms with van der Waals surface area (Å²) in [7, 11) is -1.15. The minimum atomic E-state index is -3.97. The Labute approximate surface area is 135 Å². The number of hydrogen-bond donors (Lipinski definition) is 2. The van der Waals surface area contributed by atoms with E-state index in [1.54, 1.807) is 13.8 Å². The van der Waals surface area contributed by atoms with Crippen LogP contribution in [0.1, 0.15) is 13.8 Å². The Morgan fingerprint density at radius 1 is 1.26 bits per heavy atom. The summed E-state index contributed by atoms with van der Waals surface area (Å²) in [6.45, 7) is 2.65. The van der Waals surface area contributed by atoms with Gasteiger partial charge in [-0.1, -0.05) is 13.8 Å². The van der Waals surface area contributed by atoms with Crippen LogP contribution in [0.25, 0.3) is 0 Å². The number of carbonyl (C=O) groups is 1. The van der Waals surface area contributed by atoms with E-state index < -0.39 is 33.6 Å². The van der Waals surface area contributed by atoms with Gasteiger partial charge in [-0.25, -0.2) is 8.42 Å². The number of sulfone groups is 1. The van der Waals surface area contributed by atoms with Crippen molar-refractivity contribution in [2.45, 2.75) is 24.1 Å². The smallest absolute Gasteiger partial charge is 0.234 e. The van der Waals surface area contributed by atoms with Gasteiger partial charge < -0.3 is 20.4 Å². The molecule has 8 nitrogen and oxygen atoms in total. The van der Waals surface area contributed by atoms with Gasteiger partial charge in [0.15, 0.2) is 21.3 Å². The van der Waals surface area contributed by atoms with E-state index in [4.69, 9.17) is 15.2 Å². The maximum atomic E-state index is 12.8. The Kier molecular flexibility index (Phi) is 6.37. The van der Waals surface area contributed by atoms with Crippen molar-refractivity contribution in [1.29, 1.82) is 0 Å². The molecule has 0 fully saturated rings. The second kappa shape index (κ2) is 7.62. The molecule has 0 aromatic heterocycles. The Bertz CT molecular complexity index is 659. The zero-order chi connectivity index (χ0) is 17.8. The van der Waals surface area contributed by atoms with Gasteiger partial charge in [0, 0.05) is 6.07 Å². The summed E-state index contributed by atoms with van der Waals surface area (Å²) >= 11 is 0. The van der Waals surface area contributed by atoms with Gasteiger partial charge in [-0.3, -0.25) is 4.79 Å². The summed E-state index contributed by atoms with van der Waals surface area (Å²) in [6.07, 6.45) is 0. The first-order valence-corrected chi connectivity index (χ1v) is 8.39. The van der Waals surface area contributed by atoms with Gasteiger partial charge in [0.1, 0.15) is 11.9 Å². The van der Waals surface area contributed by atoms with Crippen molar-refractivity contribution in [1.82, 2.24) is 5.06 Å². The highest BCUT2D eigenvalue weighted by Gasteiger charge is 2.36. The number of carbonyl (C=O) groups excluding carboxylic acids is 1. The molecule has 1 unspecified atom stereocenters. The Hall–Kier alpha value is -1.84. The molecule has 3 N–H and O–H groups in total. The van der Waals surface area contributed by atoms with E-state index in [0.717, 1.165) is 0 Å². The Morgan fingerprint density at radius 3 is 2.26 bits per heavy atom. The minimum absolute atomic E-state index is 0.0580. The lowest BCUT2D eigenvalue weighted by Crippen LogP contribution is -2.46. The first kappa shape index (κ1) is 19.2. The molecule has 0 saturated carbocycles. The van der Waals surface area contributed by atoms with Crippen LogP contribution in [0.15, 0.2) is 23.1 Å². The van der Waals surface area contributed by atoms with Crippen molar-refractivity contribution in [3.63, 3.8) is 0 Å². The third kappa shape index (κ3) is 4.34. The first-order valence-electron chi connectivity index (χ1n) is 6.84. The number of nitrogens with zero attached hydrogens (tertiary/aromatic N) is 1. The molecule has 0 aliphatic rings. The van der Waals surface area contributed by atoms with Crippen LogP contribution in [0.3, 0.4) is 0 Å². The molecule has 0 aliphatic carbocycles. The number of amides is 1. The minimum Gasteiger partial charge on any atom is -0.493 e. The van der Waals surface area contributed by atoms with Crippen molar-refractivity contribution in [3.8, 4) is 11.5 Å². The lowest BCUT2D eigenvalue weighted by atomic mass is 10.2. The van der Waals surface area contributed by atoms with Crippen molar-refractivity contribution >= 4 is 15.7 Å². The lowest BCUT2D eigenvalue weighted by Gasteiger charge is -2.28. The standard InChI is InChI=1S/C14H22N2O6S/c1-9(2)14(16(18)8-13(15)17)23(19,20)10-5-6-11(21-3)12(7-10)22-4/h5-7,9,14,18H,8H2,1-4H3,(H2,15,17). The predicted molar refractivity (Wildman–Crippen MR) is 83.0 cm³/mol. The maximum absolute atomic E-state index is 12.8. The molecular formula is C14H22N2O6S. The Morgan fingerprint density at radius 2 is 1.83 bits per heavy atom. The SMILES string of the molecule is COc1ccc(S(=O)(=O)C(C(C)C)N(O)CC(N)=O)cc1OC. The number of primary amides is 1. The van der Waals surface area contributed by atoms with Crippen molar-refractivity contribution in [3.05, 3.63) is 18.2 Å². The average Bonchev–Trinajstić information content (AvgIpc) is 2.44. The van der Waals surface area contributed by atoms with Crippen LogP contribution in [0.2, 0.25) is 0 Å². The number of ether oxygens (including phenoxy) is 2. The summed E-state index contributed by atoms with van der Waals surface area (Å²) in [5.41, 5.74) is 5.02. The molecule has 1 rings (SSSR count). The fourth-order valence-electron chi connectivity index (χ4n) is 2.25. The van der Waals surface area contributed by atoms with Gasteiger partial charge in [0.2, 0.25) is 5.91 Å². The molecule has 1 amide bonds. The first-order chi connectivity index (χ1) is 10.6. The second-order valence-corrected chi connectivity index (χ2v) is 7.30. The van der Waals surface area contributed by atoms with E-state index in [0.29, 0.717) is 10.8 Å². The van der Waals surface area contributed by atoms with E-state index in [2.05, 4.69) is 0 Å². The van der Waals surface area contributed by atoms with Gasteiger partial charge in [0.25, 0.3) is 0 Å². The molecule has 0 spiro atoms. The highest BCUT2D eigenvalue weighted by molar-refractivity contribution is 7.92. The van der Waals surface area contributed by atoms with Gasteiger partial charge in [-0.2, -0.15) is 5.06 Å². The molecule has 130 valence electrons. The van der Waals surface area contributed by atoms with Crippen LogP contribution in [0.4, 0.5) is 0 Å². The highest BCUT2D eigenvalue weighted by atomic mass is 32.2. The van der Waals surface area contributed by atoms with Crippen LogP contribution < -0.4 is 15.2 Å². The third-order valence-corrected chi connectivity index (χ3v) is 5.52. The third-order valence-electron chi connectivity index (χ3n) is 3.18. The zero-order valence-electron chi connectivity index (χ0n) is 13.5. The fourth-order valence-corrected chi connectivity index (χ4v) is 4.16. The molecule has 0 bridgehead atoms. The van der Waals surface area contributed by atoms with Gasteiger partial charge in [-0.15, -0.1) is 0 Å². The van der Waals surface area contributed by atoms with E-state index in [1.807, 2.05) is 0 Å². The molecule has 9 heteroatoms. The van der Waals surface area contributed by atoms with Gasteiger partial charge in [0.05, 0.1) is 19.1 Å². The quantitative estimate of drug-likeness (QED) is 0.663. The van der Waals surface area contributed by atoms with Crippen molar-refractivity contribution < 1.29 is 27.9 Å². The monoisotopic (exact) mass is 346 g/mol. The van der Waals surface area contributed by atoms with Crippen LogP contribution in [0.5, 0.6) is 11.5 Å². The normalized spacial score (nSPS) is 13.2. The van der Waals surface area contributed by atoms with Crippen LogP contribution in [-0.4, -0.2) is 50.7 Å². The summed E-state index contributed by atoms with van der Waals surface area (Å²) < 4.78 is 35.8. The van der Waals surface area contributed by atoms with Crippen molar-refractivity contribution in [2.24, 2.45) is 11.7 Å². The molecule has 23 heavy (non-hydrogen) atoms. The van der Waals surface area contributed by atoms with Crippen molar-refractivity contribution in [2.75, 3.05) is 20.8 Å². The number of rotatable bonds is 8. The van der Waals surface area contributed by atoms with E-state index in [-0.39, 0.29) is 10.6 Å². The number of benzene rings is 1. The van der Waals surface area contributed by atoms with E-state index in [9.17, 15) is 18.4 Å². The largest absolute Gasteiger partial charge is 0.493 e. The highest BCUT2D eigenvalue weighted by Crippen LogP contribution is 2.32. The van der Waals surface area contributed by atoms with Crippen LogP contribution in [-0.2, 0) is 14.6 Å². The second-order valence-electron chi connectivity index (χ2n) is 5.26. The molecule has 1 aromatic carbocycles. The van der Waals surface area contributed by atoms with E-state index >= 15 is 0 Å². The van der Waals surface area contributed by atoms with E-state index in [1.165, 1.54) is 32.4 Å². The molecular weight excluding hydrogens is 324 g/mol. The molecule has 1 aromatic rings. The fraction of sp³-hybridized carbons (Fsp3) is 0.500. The van der Waals surface area contributed by atoms with Gasteiger partial charge in [-0.05, 0) is 18.1 Å². The zero-order valence-corrected chi connectivity index (χ0v) is 14.3. The summed E-state index contributed by atoms with van der Waals surface area (Å²) in [5, 5.41) is 9.09. The van der Waals surface area contributed by atoms with Crippen LogP contribution in [0, 0.1) is 5.92 Å². The molecule has 0 saturated heterocycles. The maximum Gasteiger partial charge on any atom is 0.234 e. The summed E-state index contributed by atoms with van der Waals surface area (Å²) in [4.78, 5) is 10.9. The summed E-state index contributed by atoms with van der Waals surface area (Å²) in [6, 6.07) is 4.12. The molecule has 1 atom stereocenters.